The Kier molecular flexibility index (Phi) is 1.11. The van der Waals surface area contributed by atoms with Crippen LogP contribution in [0.25, 0.3) is 11.6 Å². The molecule has 0 atom stereocenters. The molecule has 0 saturated carbocycles. The Labute approximate surface area is 60.6 Å². The number of tetrazole rings is 2. The first kappa shape index (κ1) is 5.89. The highest BCUT2D eigenvalue weighted by molar-refractivity contribution is 5.37. The van der Waals surface area contributed by atoms with E-state index in [1.807, 2.05) is 0 Å². The first-order chi connectivity index (χ1) is 5.36. The van der Waals surface area contributed by atoms with E-state index in [2.05, 4.69) is 36.0 Å². The normalized spacial score (nSPS) is 10.3. The minimum atomic E-state index is 0.345. The maximum atomic E-state index is 3.86. The van der Waals surface area contributed by atoms with Crippen molar-refractivity contribution in [1.82, 2.24) is 40.8 Å². The summed E-state index contributed by atoms with van der Waals surface area (Å²) in [7, 11) is 1.66. The molecule has 0 spiro atoms. The lowest BCUT2D eigenvalue weighted by Gasteiger charge is -1.78. The van der Waals surface area contributed by atoms with Gasteiger partial charge in [-0.25, -0.2) is 0 Å². The number of aryl methyl sites for hydroxylation is 1. The van der Waals surface area contributed by atoms with Crippen LogP contribution in [0.4, 0.5) is 0 Å². The fourth-order valence-electron chi connectivity index (χ4n) is 0.630. The van der Waals surface area contributed by atoms with E-state index in [0.717, 1.165) is 0 Å². The molecule has 0 bridgehead atoms. The number of rotatable bonds is 1. The van der Waals surface area contributed by atoms with Crippen molar-refractivity contribution in [3.63, 3.8) is 0 Å². The van der Waals surface area contributed by atoms with Crippen molar-refractivity contribution in [2.24, 2.45) is 7.05 Å². The number of nitrogens with one attached hydrogen (secondary N) is 1. The van der Waals surface area contributed by atoms with Gasteiger partial charge < -0.3 is 0 Å². The Hall–Kier alpha value is -1.86. The van der Waals surface area contributed by atoms with Crippen LogP contribution in [0.3, 0.4) is 0 Å². The highest BCUT2D eigenvalue weighted by Crippen LogP contribution is 2.00. The summed E-state index contributed by atoms with van der Waals surface area (Å²) in [5.41, 5.74) is 0. The summed E-state index contributed by atoms with van der Waals surface area (Å²) in [5.74, 6) is 0.708. The quantitative estimate of drug-likeness (QED) is 0.527. The predicted molar refractivity (Wildman–Crippen MR) is 32.0 cm³/mol. The number of H-pyrrole nitrogens is 1. The number of hydrogen-bond donors (Lipinski definition) is 1. The highest BCUT2D eigenvalue weighted by atomic mass is 15.6. The van der Waals surface area contributed by atoms with Crippen LogP contribution in [0.15, 0.2) is 0 Å². The van der Waals surface area contributed by atoms with Crippen LogP contribution < -0.4 is 0 Å². The molecule has 8 heteroatoms. The van der Waals surface area contributed by atoms with Gasteiger partial charge in [0.1, 0.15) is 0 Å². The second-order valence-corrected chi connectivity index (χ2v) is 1.84. The van der Waals surface area contributed by atoms with Crippen LogP contribution in [0.2, 0.25) is 0 Å². The zero-order chi connectivity index (χ0) is 7.68. The standard InChI is InChI=1S/C3H4N8/c1-11-7-3(6-10-11)2-4-8-9-5-2/h1H3,(H,4,5,8,9). The fraction of sp³-hybridized carbons (Fsp3) is 0.333. The molecule has 0 aliphatic carbocycles. The van der Waals surface area contributed by atoms with Gasteiger partial charge in [0.2, 0.25) is 11.6 Å². The smallest absolute Gasteiger partial charge is 0.177 e. The molecule has 0 aliphatic heterocycles. The molecule has 2 heterocycles. The van der Waals surface area contributed by atoms with Gasteiger partial charge in [-0.1, -0.05) is 0 Å². The maximum Gasteiger partial charge on any atom is 0.245 e. The lowest BCUT2D eigenvalue weighted by Crippen LogP contribution is -1.92. The van der Waals surface area contributed by atoms with Gasteiger partial charge in [-0.15, -0.1) is 20.4 Å². The molecule has 2 aromatic rings. The van der Waals surface area contributed by atoms with Crippen LogP contribution in [0, 0.1) is 0 Å². The van der Waals surface area contributed by atoms with E-state index >= 15 is 0 Å². The third-order valence-corrected chi connectivity index (χ3v) is 1.05. The summed E-state index contributed by atoms with van der Waals surface area (Å²) in [5, 5.41) is 24.1. The van der Waals surface area contributed by atoms with Gasteiger partial charge in [-0.3, -0.25) is 0 Å². The van der Waals surface area contributed by atoms with E-state index in [-0.39, 0.29) is 0 Å². The van der Waals surface area contributed by atoms with Crippen LogP contribution in [0.1, 0.15) is 0 Å². The predicted octanol–water partition coefficient (Wildman–Crippen LogP) is -1.61. The van der Waals surface area contributed by atoms with Gasteiger partial charge in [0.25, 0.3) is 0 Å². The number of hydrogen-bond acceptors (Lipinski definition) is 6. The number of aromatic nitrogens is 8. The first-order valence-corrected chi connectivity index (χ1v) is 2.84. The van der Waals surface area contributed by atoms with E-state index in [4.69, 9.17) is 0 Å². The highest BCUT2D eigenvalue weighted by Gasteiger charge is 2.07. The van der Waals surface area contributed by atoms with E-state index in [1.54, 1.807) is 7.05 Å². The van der Waals surface area contributed by atoms with Gasteiger partial charge in [0.05, 0.1) is 7.05 Å². The molecule has 0 radical (unpaired) electrons. The lowest BCUT2D eigenvalue weighted by molar-refractivity contribution is 0.630. The molecule has 2 aromatic heterocycles. The zero-order valence-corrected chi connectivity index (χ0v) is 5.63. The molecule has 11 heavy (non-hydrogen) atoms. The largest absolute Gasteiger partial charge is 0.245 e. The van der Waals surface area contributed by atoms with Crippen molar-refractivity contribution >= 4 is 0 Å². The fourth-order valence-corrected chi connectivity index (χ4v) is 0.630. The molecule has 0 aromatic carbocycles. The molecule has 0 aliphatic rings. The van der Waals surface area contributed by atoms with Crippen LogP contribution in [-0.4, -0.2) is 40.8 Å². The number of nitrogens with zero attached hydrogens (tertiary/aromatic N) is 7. The van der Waals surface area contributed by atoms with Crippen molar-refractivity contribution in [3.8, 4) is 11.6 Å². The minimum Gasteiger partial charge on any atom is -0.177 e. The van der Waals surface area contributed by atoms with E-state index in [9.17, 15) is 0 Å². The SMILES string of the molecule is Cn1nnc(-c2nn[nH]n2)n1. The maximum absolute atomic E-state index is 3.86. The molecule has 0 unspecified atom stereocenters. The average molecular weight is 152 g/mol. The van der Waals surface area contributed by atoms with Crippen molar-refractivity contribution in [2.75, 3.05) is 0 Å². The van der Waals surface area contributed by atoms with Gasteiger partial charge in [0.15, 0.2) is 0 Å². The third-order valence-electron chi connectivity index (χ3n) is 1.05. The van der Waals surface area contributed by atoms with Crippen LogP contribution in [-0.2, 0) is 7.05 Å². The first-order valence-electron chi connectivity index (χ1n) is 2.84. The summed E-state index contributed by atoms with van der Waals surface area (Å²) in [6, 6.07) is 0. The van der Waals surface area contributed by atoms with E-state index in [0.29, 0.717) is 11.6 Å². The summed E-state index contributed by atoms with van der Waals surface area (Å²) in [6.45, 7) is 0. The Morgan fingerprint density at radius 3 is 2.73 bits per heavy atom. The van der Waals surface area contributed by atoms with E-state index < -0.39 is 0 Å². The molecule has 0 fully saturated rings. The van der Waals surface area contributed by atoms with Crippen LogP contribution in [0.5, 0.6) is 0 Å². The zero-order valence-electron chi connectivity index (χ0n) is 5.63. The monoisotopic (exact) mass is 152 g/mol. The molecule has 1 N–H and O–H groups in total. The molecule has 56 valence electrons. The second-order valence-electron chi connectivity index (χ2n) is 1.84. The molecule has 0 amide bonds. The van der Waals surface area contributed by atoms with Crippen molar-refractivity contribution in [2.45, 2.75) is 0 Å². The van der Waals surface area contributed by atoms with E-state index in [1.165, 1.54) is 4.80 Å². The molecule has 0 saturated heterocycles. The van der Waals surface area contributed by atoms with Crippen molar-refractivity contribution in [3.05, 3.63) is 0 Å². The third kappa shape index (κ3) is 0.933. The van der Waals surface area contributed by atoms with Crippen LogP contribution >= 0.6 is 0 Å². The van der Waals surface area contributed by atoms with Gasteiger partial charge in [-0.05, 0) is 10.4 Å². The second kappa shape index (κ2) is 2.08. The summed E-state index contributed by atoms with van der Waals surface area (Å²) in [6.07, 6.45) is 0. The summed E-state index contributed by atoms with van der Waals surface area (Å²) in [4.78, 5) is 1.33. The van der Waals surface area contributed by atoms with Crippen molar-refractivity contribution in [1.29, 1.82) is 0 Å². The topological polar surface area (TPSA) is 98.1 Å². The summed E-state index contributed by atoms with van der Waals surface area (Å²) < 4.78 is 0. The van der Waals surface area contributed by atoms with Gasteiger partial charge in [0, 0.05) is 0 Å². The lowest BCUT2D eigenvalue weighted by atomic mass is 10.6. The Bertz CT molecular complexity index is 332. The van der Waals surface area contributed by atoms with Crippen molar-refractivity contribution < 1.29 is 0 Å². The average Bonchev–Trinajstić information content (AvgIpc) is 2.55. The Morgan fingerprint density at radius 1 is 1.27 bits per heavy atom. The Morgan fingerprint density at radius 2 is 2.18 bits per heavy atom. The molecule has 8 nitrogen and oxygen atoms in total. The summed E-state index contributed by atoms with van der Waals surface area (Å²) >= 11 is 0. The molecule has 2 rings (SSSR count). The Balaban J connectivity index is 2.45. The molecular weight excluding hydrogens is 148 g/mol. The van der Waals surface area contributed by atoms with Gasteiger partial charge in [-0.2, -0.15) is 10.0 Å². The molecular formula is C3H4N8. The number of aromatic amines is 1. The van der Waals surface area contributed by atoms with Gasteiger partial charge >= 0.3 is 0 Å². The minimum absolute atomic E-state index is 0.345.